The SMILES string of the molecule is CCN(CC)c1ccc(C=Nc2cc(OC)cc(OC)c2)c(O)c1. The van der Waals surface area contributed by atoms with Crippen molar-refractivity contribution < 1.29 is 14.6 Å². The second kappa shape index (κ2) is 8.24. The average Bonchev–Trinajstić information content (AvgIpc) is 2.61. The summed E-state index contributed by atoms with van der Waals surface area (Å²) < 4.78 is 10.5. The maximum Gasteiger partial charge on any atom is 0.126 e. The molecule has 0 atom stereocenters. The van der Waals surface area contributed by atoms with E-state index < -0.39 is 0 Å². The molecule has 0 aliphatic heterocycles. The number of ether oxygens (including phenoxy) is 2. The summed E-state index contributed by atoms with van der Waals surface area (Å²) in [6, 6.07) is 11.0. The molecular formula is C19H24N2O3. The van der Waals surface area contributed by atoms with Crippen molar-refractivity contribution in [2.45, 2.75) is 13.8 Å². The number of benzene rings is 2. The third-order valence-electron chi connectivity index (χ3n) is 3.83. The van der Waals surface area contributed by atoms with Gasteiger partial charge >= 0.3 is 0 Å². The molecule has 24 heavy (non-hydrogen) atoms. The third kappa shape index (κ3) is 4.19. The molecule has 2 aromatic rings. The fraction of sp³-hybridized carbons (Fsp3) is 0.316. The van der Waals surface area contributed by atoms with Gasteiger partial charge < -0.3 is 19.5 Å². The number of hydrogen-bond donors (Lipinski definition) is 1. The van der Waals surface area contributed by atoms with Crippen molar-refractivity contribution in [3.05, 3.63) is 42.0 Å². The highest BCUT2D eigenvalue weighted by atomic mass is 16.5. The average molecular weight is 328 g/mol. The first-order chi connectivity index (χ1) is 11.6. The zero-order valence-electron chi connectivity index (χ0n) is 14.6. The maximum atomic E-state index is 10.2. The number of aromatic hydroxyl groups is 1. The number of hydrogen-bond acceptors (Lipinski definition) is 5. The first-order valence-corrected chi connectivity index (χ1v) is 7.96. The van der Waals surface area contributed by atoms with Gasteiger partial charge in [-0.15, -0.1) is 0 Å². The van der Waals surface area contributed by atoms with E-state index in [0.29, 0.717) is 22.7 Å². The quantitative estimate of drug-likeness (QED) is 0.780. The van der Waals surface area contributed by atoms with Gasteiger partial charge in [0.15, 0.2) is 0 Å². The predicted octanol–water partition coefficient (Wildman–Crippen LogP) is 4.01. The monoisotopic (exact) mass is 328 g/mol. The Bertz CT molecular complexity index is 688. The number of rotatable bonds is 7. The summed E-state index contributed by atoms with van der Waals surface area (Å²) in [4.78, 5) is 6.58. The smallest absolute Gasteiger partial charge is 0.126 e. The lowest BCUT2D eigenvalue weighted by Gasteiger charge is -2.21. The molecule has 0 fully saturated rings. The molecular weight excluding hydrogens is 304 g/mol. The molecule has 0 aliphatic rings. The van der Waals surface area contributed by atoms with Crippen LogP contribution in [0, 0.1) is 0 Å². The summed E-state index contributed by atoms with van der Waals surface area (Å²) >= 11 is 0. The minimum absolute atomic E-state index is 0.206. The highest BCUT2D eigenvalue weighted by Gasteiger charge is 2.06. The predicted molar refractivity (Wildman–Crippen MR) is 98.5 cm³/mol. The Morgan fingerprint density at radius 1 is 1.00 bits per heavy atom. The van der Waals surface area contributed by atoms with E-state index in [4.69, 9.17) is 9.47 Å². The largest absolute Gasteiger partial charge is 0.507 e. The van der Waals surface area contributed by atoms with Gasteiger partial charge in [0.2, 0.25) is 0 Å². The maximum absolute atomic E-state index is 10.2. The molecule has 2 aromatic carbocycles. The molecule has 0 saturated carbocycles. The van der Waals surface area contributed by atoms with Crippen LogP contribution in [0.5, 0.6) is 17.2 Å². The zero-order valence-corrected chi connectivity index (χ0v) is 14.6. The molecule has 0 amide bonds. The van der Waals surface area contributed by atoms with Gasteiger partial charge in [-0.3, -0.25) is 4.99 Å². The lowest BCUT2D eigenvalue weighted by Crippen LogP contribution is -2.21. The normalized spacial score (nSPS) is 10.8. The van der Waals surface area contributed by atoms with Crippen molar-refractivity contribution in [2.24, 2.45) is 4.99 Å². The van der Waals surface area contributed by atoms with Gasteiger partial charge in [0, 0.05) is 54.8 Å². The number of aliphatic imine (C=N–C) groups is 1. The molecule has 0 radical (unpaired) electrons. The van der Waals surface area contributed by atoms with Crippen molar-refractivity contribution >= 4 is 17.6 Å². The standard InChI is InChI=1S/C19H24N2O3/c1-5-21(6-2)16-8-7-14(19(22)11-16)13-20-15-9-17(23-3)12-18(10-15)24-4/h7-13,22H,5-6H2,1-4H3. The van der Waals surface area contributed by atoms with Crippen molar-refractivity contribution in [1.29, 1.82) is 0 Å². The van der Waals surface area contributed by atoms with E-state index in [1.165, 1.54) is 0 Å². The van der Waals surface area contributed by atoms with E-state index in [1.54, 1.807) is 44.7 Å². The van der Waals surface area contributed by atoms with E-state index in [2.05, 4.69) is 23.7 Å². The second-order valence-corrected chi connectivity index (χ2v) is 5.24. The Labute approximate surface area is 143 Å². The van der Waals surface area contributed by atoms with Crippen LogP contribution >= 0.6 is 0 Å². The Kier molecular flexibility index (Phi) is 6.07. The van der Waals surface area contributed by atoms with Gasteiger partial charge in [-0.1, -0.05) is 0 Å². The summed E-state index contributed by atoms with van der Waals surface area (Å²) in [6.45, 7) is 5.97. The third-order valence-corrected chi connectivity index (χ3v) is 3.83. The van der Waals surface area contributed by atoms with Crippen LogP contribution in [0.25, 0.3) is 0 Å². The van der Waals surface area contributed by atoms with Gasteiger partial charge in [0.1, 0.15) is 17.2 Å². The fourth-order valence-electron chi connectivity index (χ4n) is 2.44. The summed E-state index contributed by atoms with van der Waals surface area (Å²) in [7, 11) is 3.19. The van der Waals surface area contributed by atoms with E-state index in [1.807, 2.05) is 12.1 Å². The summed E-state index contributed by atoms with van der Waals surface area (Å²) in [5.41, 5.74) is 2.35. The molecule has 5 nitrogen and oxygen atoms in total. The molecule has 5 heteroatoms. The first kappa shape index (κ1) is 17.7. The van der Waals surface area contributed by atoms with E-state index in [9.17, 15) is 5.11 Å². The van der Waals surface area contributed by atoms with Crippen LogP contribution in [-0.2, 0) is 0 Å². The molecule has 0 heterocycles. The van der Waals surface area contributed by atoms with Crippen molar-refractivity contribution in [1.82, 2.24) is 0 Å². The van der Waals surface area contributed by atoms with Crippen LogP contribution in [-0.4, -0.2) is 38.6 Å². The lowest BCUT2D eigenvalue weighted by molar-refractivity contribution is 0.394. The Morgan fingerprint density at radius 3 is 2.12 bits per heavy atom. The number of anilines is 1. The Morgan fingerprint density at radius 2 is 1.62 bits per heavy atom. The topological polar surface area (TPSA) is 54.3 Å². The fourth-order valence-corrected chi connectivity index (χ4v) is 2.44. The second-order valence-electron chi connectivity index (χ2n) is 5.24. The number of phenolic OH excluding ortho intramolecular Hbond substituents is 1. The summed E-state index contributed by atoms with van der Waals surface area (Å²) in [5, 5.41) is 10.2. The van der Waals surface area contributed by atoms with Crippen LogP contribution in [0.4, 0.5) is 11.4 Å². The molecule has 0 aliphatic carbocycles. The molecule has 128 valence electrons. The number of nitrogens with zero attached hydrogens (tertiary/aromatic N) is 2. The van der Waals surface area contributed by atoms with E-state index in [0.717, 1.165) is 18.8 Å². The van der Waals surface area contributed by atoms with Gasteiger partial charge in [-0.2, -0.15) is 0 Å². The first-order valence-electron chi connectivity index (χ1n) is 7.96. The number of phenols is 1. The minimum atomic E-state index is 0.206. The van der Waals surface area contributed by atoms with Crippen molar-refractivity contribution in [2.75, 3.05) is 32.2 Å². The molecule has 0 spiro atoms. The van der Waals surface area contributed by atoms with Gasteiger partial charge in [-0.25, -0.2) is 0 Å². The molecule has 0 unspecified atom stereocenters. The van der Waals surface area contributed by atoms with Crippen molar-refractivity contribution in [3.8, 4) is 17.2 Å². The lowest BCUT2D eigenvalue weighted by atomic mass is 10.1. The molecule has 0 aromatic heterocycles. The highest BCUT2D eigenvalue weighted by molar-refractivity contribution is 5.86. The van der Waals surface area contributed by atoms with Gasteiger partial charge in [0.05, 0.1) is 19.9 Å². The Hall–Kier alpha value is -2.69. The van der Waals surface area contributed by atoms with Crippen LogP contribution in [0.2, 0.25) is 0 Å². The summed E-state index contributed by atoms with van der Waals surface area (Å²) in [6.07, 6.45) is 1.63. The highest BCUT2D eigenvalue weighted by Crippen LogP contribution is 2.28. The van der Waals surface area contributed by atoms with Crippen LogP contribution in [0.1, 0.15) is 19.4 Å². The molecule has 2 rings (SSSR count). The number of methoxy groups -OCH3 is 2. The van der Waals surface area contributed by atoms with Crippen LogP contribution in [0.3, 0.4) is 0 Å². The van der Waals surface area contributed by atoms with Gasteiger partial charge in [0.25, 0.3) is 0 Å². The van der Waals surface area contributed by atoms with Crippen LogP contribution in [0.15, 0.2) is 41.4 Å². The van der Waals surface area contributed by atoms with Crippen LogP contribution < -0.4 is 14.4 Å². The minimum Gasteiger partial charge on any atom is -0.507 e. The van der Waals surface area contributed by atoms with E-state index >= 15 is 0 Å². The Balaban J connectivity index is 2.26. The van der Waals surface area contributed by atoms with E-state index in [-0.39, 0.29) is 5.75 Å². The molecule has 0 saturated heterocycles. The summed E-state index contributed by atoms with van der Waals surface area (Å²) in [5.74, 6) is 1.54. The van der Waals surface area contributed by atoms with Gasteiger partial charge in [-0.05, 0) is 26.0 Å². The zero-order chi connectivity index (χ0) is 17.5. The molecule has 1 N–H and O–H groups in total. The van der Waals surface area contributed by atoms with Crippen molar-refractivity contribution in [3.63, 3.8) is 0 Å². The molecule has 0 bridgehead atoms.